The van der Waals surface area contributed by atoms with Crippen LogP contribution in [0.25, 0.3) is 0 Å². The average molecular weight is 305 g/mol. The van der Waals surface area contributed by atoms with Gasteiger partial charge in [0.05, 0.1) is 0 Å². The second-order valence-corrected chi connectivity index (χ2v) is 5.67. The van der Waals surface area contributed by atoms with Crippen molar-refractivity contribution in [2.75, 3.05) is 0 Å². The number of carboxylic acids is 1. The van der Waals surface area contributed by atoms with E-state index >= 15 is 0 Å². The summed E-state index contributed by atoms with van der Waals surface area (Å²) in [5, 5.41) is 11.6. The quantitative estimate of drug-likeness (QED) is 0.697. The van der Waals surface area contributed by atoms with Crippen molar-refractivity contribution in [2.24, 2.45) is 0 Å². The SMILES string of the molecule is CCCc1ccc(CCCC(=O)NC(CCC)C(=O)O)cc1. The molecule has 0 aliphatic heterocycles. The molecule has 122 valence electrons. The maximum Gasteiger partial charge on any atom is 0.326 e. The second-order valence-electron chi connectivity index (χ2n) is 5.67. The predicted octanol–water partition coefficient (Wildman–Crippen LogP) is 3.33. The smallest absolute Gasteiger partial charge is 0.326 e. The highest BCUT2D eigenvalue weighted by atomic mass is 16.4. The van der Waals surface area contributed by atoms with Crippen LogP contribution in [0.4, 0.5) is 0 Å². The summed E-state index contributed by atoms with van der Waals surface area (Å²) in [7, 11) is 0. The van der Waals surface area contributed by atoms with Gasteiger partial charge in [0, 0.05) is 6.42 Å². The minimum absolute atomic E-state index is 0.177. The topological polar surface area (TPSA) is 66.4 Å². The van der Waals surface area contributed by atoms with Crippen molar-refractivity contribution >= 4 is 11.9 Å². The molecule has 4 heteroatoms. The van der Waals surface area contributed by atoms with Crippen LogP contribution >= 0.6 is 0 Å². The van der Waals surface area contributed by atoms with Gasteiger partial charge in [0.2, 0.25) is 5.91 Å². The fourth-order valence-corrected chi connectivity index (χ4v) is 2.43. The highest BCUT2D eigenvalue weighted by Gasteiger charge is 2.18. The molecule has 0 aromatic heterocycles. The summed E-state index contributed by atoms with van der Waals surface area (Å²) in [6, 6.07) is 7.74. The Bertz CT molecular complexity index is 468. The van der Waals surface area contributed by atoms with E-state index in [0.717, 1.165) is 32.1 Å². The van der Waals surface area contributed by atoms with Crippen LogP contribution in [0, 0.1) is 0 Å². The van der Waals surface area contributed by atoms with Crippen LogP contribution in [0.1, 0.15) is 57.1 Å². The van der Waals surface area contributed by atoms with Crippen molar-refractivity contribution in [2.45, 2.75) is 64.8 Å². The van der Waals surface area contributed by atoms with Crippen molar-refractivity contribution < 1.29 is 14.7 Å². The first-order valence-corrected chi connectivity index (χ1v) is 8.16. The Balaban J connectivity index is 2.33. The highest BCUT2D eigenvalue weighted by Crippen LogP contribution is 2.10. The highest BCUT2D eigenvalue weighted by molar-refractivity contribution is 5.83. The summed E-state index contributed by atoms with van der Waals surface area (Å²) in [5.74, 6) is -1.13. The van der Waals surface area contributed by atoms with E-state index in [-0.39, 0.29) is 5.91 Å². The number of nitrogens with one attached hydrogen (secondary N) is 1. The van der Waals surface area contributed by atoms with Crippen LogP contribution in [0.3, 0.4) is 0 Å². The number of carbonyl (C=O) groups is 2. The molecule has 4 nitrogen and oxygen atoms in total. The van der Waals surface area contributed by atoms with E-state index in [1.165, 1.54) is 11.1 Å². The first-order valence-electron chi connectivity index (χ1n) is 8.16. The van der Waals surface area contributed by atoms with Gasteiger partial charge in [0.15, 0.2) is 0 Å². The maximum atomic E-state index is 11.8. The number of carboxylic acid groups (broad SMARTS) is 1. The Morgan fingerprint density at radius 2 is 1.64 bits per heavy atom. The number of rotatable bonds is 10. The fourth-order valence-electron chi connectivity index (χ4n) is 2.43. The molecule has 1 rings (SSSR count). The van der Waals surface area contributed by atoms with E-state index in [1.807, 2.05) is 6.92 Å². The fraction of sp³-hybridized carbons (Fsp3) is 0.556. The number of hydrogen-bond donors (Lipinski definition) is 2. The van der Waals surface area contributed by atoms with E-state index in [2.05, 4.69) is 36.5 Å². The summed E-state index contributed by atoms with van der Waals surface area (Å²) in [4.78, 5) is 22.8. The van der Waals surface area contributed by atoms with Crippen LogP contribution < -0.4 is 5.32 Å². The molecule has 1 aromatic carbocycles. The van der Waals surface area contributed by atoms with E-state index in [1.54, 1.807) is 0 Å². The molecular weight excluding hydrogens is 278 g/mol. The summed E-state index contributed by atoms with van der Waals surface area (Å²) in [6.07, 6.45) is 5.38. The van der Waals surface area contributed by atoms with Crippen molar-refractivity contribution in [3.8, 4) is 0 Å². The molecular formula is C18H27NO3. The minimum Gasteiger partial charge on any atom is -0.480 e. The zero-order chi connectivity index (χ0) is 16.4. The van der Waals surface area contributed by atoms with Gasteiger partial charge < -0.3 is 10.4 Å². The van der Waals surface area contributed by atoms with Crippen LogP contribution in [-0.2, 0) is 22.4 Å². The molecule has 1 unspecified atom stereocenters. The van der Waals surface area contributed by atoms with E-state index in [0.29, 0.717) is 12.8 Å². The predicted molar refractivity (Wildman–Crippen MR) is 87.8 cm³/mol. The Morgan fingerprint density at radius 3 is 2.14 bits per heavy atom. The van der Waals surface area contributed by atoms with E-state index < -0.39 is 12.0 Å². The molecule has 0 radical (unpaired) electrons. The normalized spacial score (nSPS) is 11.9. The van der Waals surface area contributed by atoms with Gasteiger partial charge in [-0.15, -0.1) is 0 Å². The van der Waals surface area contributed by atoms with Gasteiger partial charge in [-0.3, -0.25) is 4.79 Å². The first-order chi connectivity index (χ1) is 10.6. The molecule has 0 spiro atoms. The van der Waals surface area contributed by atoms with Gasteiger partial charge in [-0.05, 0) is 36.8 Å². The molecule has 1 atom stereocenters. The second kappa shape index (κ2) is 9.98. The number of carbonyl (C=O) groups excluding carboxylic acids is 1. The van der Waals surface area contributed by atoms with E-state index in [4.69, 9.17) is 5.11 Å². The third kappa shape index (κ3) is 6.74. The third-order valence-corrected chi connectivity index (χ3v) is 3.64. The Labute approximate surface area is 132 Å². The standard InChI is InChI=1S/C18H27NO3/c1-3-6-14-10-12-15(13-11-14)8-5-9-17(20)19-16(7-4-2)18(21)22/h10-13,16H,3-9H2,1-2H3,(H,19,20)(H,21,22). The molecule has 1 aromatic rings. The number of amides is 1. The Kier molecular flexibility index (Phi) is 8.26. The van der Waals surface area contributed by atoms with Crippen LogP contribution in [0.2, 0.25) is 0 Å². The first kappa shape index (κ1) is 18.2. The lowest BCUT2D eigenvalue weighted by Crippen LogP contribution is -2.40. The van der Waals surface area contributed by atoms with Crippen LogP contribution in [0.5, 0.6) is 0 Å². The molecule has 0 saturated heterocycles. The van der Waals surface area contributed by atoms with Crippen molar-refractivity contribution in [3.05, 3.63) is 35.4 Å². The molecule has 22 heavy (non-hydrogen) atoms. The Morgan fingerprint density at radius 1 is 1.05 bits per heavy atom. The minimum atomic E-state index is -0.957. The Hall–Kier alpha value is -1.84. The lowest BCUT2D eigenvalue weighted by Gasteiger charge is -2.13. The lowest BCUT2D eigenvalue weighted by molar-refractivity contribution is -0.142. The molecule has 0 bridgehead atoms. The van der Waals surface area contributed by atoms with Crippen LogP contribution in [-0.4, -0.2) is 23.0 Å². The number of hydrogen-bond acceptors (Lipinski definition) is 2. The van der Waals surface area contributed by atoms with Gasteiger partial charge in [-0.2, -0.15) is 0 Å². The van der Waals surface area contributed by atoms with Gasteiger partial charge in [-0.25, -0.2) is 4.79 Å². The summed E-state index contributed by atoms with van der Waals surface area (Å²) in [5.41, 5.74) is 2.56. The van der Waals surface area contributed by atoms with Crippen molar-refractivity contribution in [3.63, 3.8) is 0 Å². The number of aryl methyl sites for hydroxylation is 2. The van der Waals surface area contributed by atoms with Gasteiger partial charge >= 0.3 is 5.97 Å². The summed E-state index contributed by atoms with van der Waals surface area (Å²) >= 11 is 0. The maximum absolute atomic E-state index is 11.8. The molecule has 2 N–H and O–H groups in total. The number of aliphatic carboxylic acids is 1. The van der Waals surface area contributed by atoms with E-state index in [9.17, 15) is 9.59 Å². The number of benzene rings is 1. The average Bonchev–Trinajstić information content (AvgIpc) is 2.49. The van der Waals surface area contributed by atoms with Crippen molar-refractivity contribution in [1.82, 2.24) is 5.32 Å². The zero-order valence-electron chi connectivity index (χ0n) is 13.6. The van der Waals surface area contributed by atoms with Crippen molar-refractivity contribution in [1.29, 1.82) is 0 Å². The molecule has 0 aliphatic rings. The van der Waals surface area contributed by atoms with Gasteiger partial charge in [0.25, 0.3) is 0 Å². The third-order valence-electron chi connectivity index (χ3n) is 3.64. The largest absolute Gasteiger partial charge is 0.480 e. The summed E-state index contributed by atoms with van der Waals surface area (Å²) < 4.78 is 0. The van der Waals surface area contributed by atoms with Crippen LogP contribution in [0.15, 0.2) is 24.3 Å². The molecule has 0 heterocycles. The molecule has 1 amide bonds. The molecule has 0 saturated carbocycles. The monoisotopic (exact) mass is 305 g/mol. The molecule has 0 aliphatic carbocycles. The lowest BCUT2D eigenvalue weighted by atomic mass is 10.0. The summed E-state index contributed by atoms with van der Waals surface area (Å²) in [6.45, 7) is 4.07. The molecule has 0 fully saturated rings. The van der Waals surface area contributed by atoms with Gasteiger partial charge in [0.1, 0.15) is 6.04 Å². The van der Waals surface area contributed by atoms with Gasteiger partial charge in [-0.1, -0.05) is 51.0 Å². The zero-order valence-corrected chi connectivity index (χ0v) is 13.6.